The van der Waals surface area contributed by atoms with Crippen molar-refractivity contribution in [2.24, 2.45) is 0 Å². The largest absolute Gasteiger partial charge is 0.369 e. The summed E-state index contributed by atoms with van der Waals surface area (Å²) < 4.78 is 8.17. The van der Waals surface area contributed by atoms with Crippen molar-refractivity contribution in [3.05, 3.63) is 54.1 Å². The van der Waals surface area contributed by atoms with Crippen molar-refractivity contribution in [3.8, 4) is 0 Å². The number of hydrogen-bond acceptors (Lipinski definition) is 3. The Morgan fingerprint density at radius 3 is 2.95 bits per heavy atom. The van der Waals surface area contributed by atoms with E-state index in [1.807, 2.05) is 12.5 Å². The van der Waals surface area contributed by atoms with Gasteiger partial charge in [0.15, 0.2) is 0 Å². The van der Waals surface area contributed by atoms with Crippen LogP contribution >= 0.6 is 0 Å². The van der Waals surface area contributed by atoms with E-state index in [0.717, 1.165) is 19.7 Å². The van der Waals surface area contributed by atoms with Gasteiger partial charge in [-0.2, -0.15) is 0 Å². The summed E-state index contributed by atoms with van der Waals surface area (Å²) in [7, 11) is 0. The van der Waals surface area contributed by atoms with E-state index in [0.29, 0.717) is 12.0 Å². The van der Waals surface area contributed by atoms with Gasteiger partial charge in [0, 0.05) is 25.0 Å². The number of nitrogens with one attached hydrogen (secondary N) is 1. The minimum absolute atomic E-state index is 0.142. The molecule has 4 heteroatoms. The fourth-order valence-electron chi connectivity index (χ4n) is 3.14. The molecule has 2 fully saturated rings. The third-order valence-corrected chi connectivity index (χ3v) is 4.30. The molecule has 1 aromatic heterocycles. The molecule has 2 heterocycles. The highest BCUT2D eigenvalue weighted by atomic mass is 16.5. The van der Waals surface area contributed by atoms with Crippen LogP contribution in [0.4, 0.5) is 0 Å². The maximum absolute atomic E-state index is 5.86. The van der Waals surface area contributed by atoms with Crippen LogP contribution in [0.1, 0.15) is 35.7 Å². The van der Waals surface area contributed by atoms with Crippen LogP contribution in [0.25, 0.3) is 0 Å². The number of imidazole rings is 1. The Labute approximate surface area is 118 Å². The van der Waals surface area contributed by atoms with E-state index in [1.165, 1.54) is 17.7 Å². The molecular weight excluding hydrogens is 250 g/mol. The Bertz CT molecular complexity index is 574. The summed E-state index contributed by atoms with van der Waals surface area (Å²) in [5.41, 5.74) is 2.64. The topological polar surface area (TPSA) is 39.1 Å². The molecule has 2 aromatic rings. The number of ether oxygens (including phenoxy) is 1. The molecule has 1 aliphatic carbocycles. The first-order chi connectivity index (χ1) is 9.93. The maximum Gasteiger partial charge on any atom is 0.111 e. The Hall–Kier alpha value is -1.65. The van der Waals surface area contributed by atoms with Crippen LogP contribution < -0.4 is 5.32 Å². The summed E-state index contributed by atoms with van der Waals surface area (Å²) in [5.74, 6) is 0.626. The maximum atomic E-state index is 5.86. The van der Waals surface area contributed by atoms with Gasteiger partial charge < -0.3 is 14.6 Å². The average molecular weight is 269 g/mol. The second-order valence-electron chi connectivity index (χ2n) is 5.61. The van der Waals surface area contributed by atoms with Gasteiger partial charge in [-0.05, 0) is 12.0 Å². The summed E-state index contributed by atoms with van der Waals surface area (Å²) in [6.45, 7) is 2.61. The van der Waals surface area contributed by atoms with Gasteiger partial charge in [-0.15, -0.1) is 0 Å². The molecule has 4 rings (SSSR count). The zero-order valence-electron chi connectivity index (χ0n) is 11.4. The number of aromatic nitrogens is 2. The second kappa shape index (κ2) is 5.04. The van der Waals surface area contributed by atoms with Crippen LogP contribution in [0.2, 0.25) is 0 Å². The van der Waals surface area contributed by atoms with E-state index < -0.39 is 0 Å². The molecule has 0 spiro atoms. The standard InChI is InChI=1S/C16H19N3O/c1-2-4-12(5-3-1)13-8-14(13)19-11-18-9-15(19)16-10-17-6-7-20-16/h1-5,9,11,13-14,16-17H,6-8,10H2. The first-order valence-corrected chi connectivity index (χ1v) is 7.32. The highest BCUT2D eigenvalue weighted by Gasteiger charge is 2.41. The Morgan fingerprint density at radius 1 is 1.25 bits per heavy atom. The van der Waals surface area contributed by atoms with Crippen LogP contribution in [-0.2, 0) is 4.74 Å². The normalized spacial score (nSPS) is 29.3. The highest BCUT2D eigenvalue weighted by molar-refractivity contribution is 5.28. The molecule has 0 amide bonds. The lowest BCUT2D eigenvalue weighted by Crippen LogP contribution is -2.34. The number of hydrogen-bond donors (Lipinski definition) is 1. The van der Waals surface area contributed by atoms with Crippen molar-refractivity contribution in [1.82, 2.24) is 14.9 Å². The quantitative estimate of drug-likeness (QED) is 0.929. The van der Waals surface area contributed by atoms with Gasteiger partial charge in [-0.1, -0.05) is 30.3 Å². The Kier molecular flexibility index (Phi) is 3.05. The van der Waals surface area contributed by atoms with Crippen molar-refractivity contribution in [1.29, 1.82) is 0 Å². The molecule has 3 unspecified atom stereocenters. The van der Waals surface area contributed by atoms with Gasteiger partial charge in [0.1, 0.15) is 6.10 Å². The smallest absolute Gasteiger partial charge is 0.111 e. The van der Waals surface area contributed by atoms with Crippen LogP contribution in [0, 0.1) is 0 Å². The summed E-state index contributed by atoms with van der Waals surface area (Å²) in [4.78, 5) is 4.34. The first kappa shape index (κ1) is 12.1. The van der Waals surface area contributed by atoms with Crippen molar-refractivity contribution in [2.45, 2.75) is 24.5 Å². The van der Waals surface area contributed by atoms with Crippen LogP contribution in [0.3, 0.4) is 0 Å². The molecule has 3 atom stereocenters. The number of nitrogens with zero attached hydrogens (tertiary/aromatic N) is 2. The molecule has 104 valence electrons. The Morgan fingerprint density at radius 2 is 2.15 bits per heavy atom. The van der Waals surface area contributed by atoms with Gasteiger partial charge in [-0.25, -0.2) is 4.98 Å². The molecule has 1 N–H and O–H groups in total. The minimum Gasteiger partial charge on any atom is -0.369 e. The molecule has 1 saturated heterocycles. The lowest BCUT2D eigenvalue weighted by molar-refractivity contribution is 0.0227. The van der Waals surface area contributed by atoms with E-state index in [4.69, 9.17) is 4.74 Å². The minimum atomic E-state index is 0.142. The third-order valence-electron chi connectivity index (χ3n) is 4.30. The van der Waals surface area contributed by atoms with Gasteiger partial charge in [0.2, 0.25) is 0 Å². The fraction of sp³-hybridized carbons (Fsp3) is 0.438. The monoisotopic (exact) mass is 269 g/mol. The highest BCUT2D eigenvalue weighted by Crippen LogP contribution is 2.52. The average Bonchev–Trinajstić information content (AvgIpc) is 3.17. The van der Waals surface area contributed by atoms with Crippen molar-refractivity contribution >= 4 is 0 Å². The second-order valence-corrected chi connectivity index (χ2v) is 5.61. The predicted molar refractivity (Wildman–Crippen MR) is 76.6 cm³/mol. The van der Waals surface area contributed by atoms with Gasteiger partial charge >= 0.3 is 0 Å². The Balaban J connectivity index is 1.54. The van der Waals surface area contributed by atoms with E-state index in [1.54, 1.807) is 0 Å². The lowest BCUT2D eigenvalue weighted by Gasteiger charge is -2.24. The van der Waals surface area contributed by atoms with Crippen LogP contribution in [-0.4, -0.2) is 29.2 Å². The lowest BCUT2D eigenvalue weighted by atomic mass is 10.1. The molecule has 0 radical (unpaired) electrons. The summed E-state index contributed by atoms with van der Waals surface area (Å²) >= 11 is 0. The van der Waals surface area contributed by atoms with Crippen LogP contribution in [0.5, 0.6) is 0 Å². The number of morpholine rings is 1. The molecule has 1 aliphatic heterocycles. The van der Waals surface area contributed by atoms with E-state index in [-0.39, 0.29) is 6.10 Å². The van der Waals surface area contributed by atoms with Crippen molar-refractivity contribution in [2.75, 3.05) is 19.7 Å². The van der Waals surface area contributed by atoms with Gasteiger partial charge in [0.05, 0.1) is 24.8 Å². The number of rotatable bonds is 3. The molecule has 4 nitrogen and oxygen atoms in total. The SMILES string of the molecule is c1ccc(C2CC2n2cncc2C2CNCCO2)cc1. The molecule has 1 aromatic carbocycles. The predicted octanol–water partition coefficient (Wildman–Crippen LogP) is 2.27. The van der Waals surface area contributed by atoms with E-state index >= 15 is 0 Å². The molecular formula is C16H19N3O. The summed E-state index contributed by atoms with van der Waals surface area (Å²) in [5, 5.41) is 3.39. The fourth-order valence-corrected chi connectivity index (χ4v) is 3.14. The molecule has 2 aliphatic rings. The first-order valence-electron chi connectivity index (χ1n) is 7.32. The molecule has 20 heavy (non-hydrogen) atoms. The van der Waals surface area contributed by atoms with Crippen LogP contribution in [0.15, 0.2) is 42.9 Å². The summed E-state index contributed by atoms with van der Waals surface area (Å²) in [6.07, 6.45) is 5.26. The van der Waals surface area contributed by atoms with E-state index in [2.05, 4.69) is 45.2 Å². The number of benzene rings is 1. The van der Waals surface area contributed by atoms with Crippen molar-refractivity contribution < 1.29 is 4.74 Å². The van der Waals surface area contributed by atoms with E-state index in [9.17, 15) is 0 Å². The zero-order chi connectivity index (χ0) is 13.4. The van der Waals surface area contributed by atoms with Gasteiger partial charge in [0.25, 0.3) is 0 Å². The van der Waals surface area contributed by atoms with Gasteiger partial charge in [-0.3, -0.25) is 0 Å². The third kappa shape index (κ3) is 2.15. The zero-order valence-corrected chi connectivity index (χ0v) is 11.4. The van der Waals surface area contributed by atoms with Crippen molar-refractivity contribution in [3.63, 3.8) is 0 Å². The summed E-state index contributed by atoms with van der Waals surface area (Å²) in [6, 6.07) is 11.3. The molecule has 1 saturated carbocycles. The molecule has 0 bridgehead atoms.